The zero-order valence-electron chi connectivity index (χ0n) is 5.79. The zero-order valence-corrected chi connectivity index (χ0v) is 7.60. The molecular weight excluding hydrogens is 169 g/mol. The third-order valence-corrected chi connectivity index (χ3v) is 0.357. The number of halogens is 1. The van der Waals surface area contributed by atoms with Gasteiger partial charge in [0.2, 0.25) is 0 Å². The third kappa shape index (κ3) is 17.6. The predicted octanol–water partition coefficient (Wildman–Crippen LogP) is -4.19. The van der Waals surface area contributed by atoms with E-state index in [0.29, 0.717) is 0 Å². The van der Waals surface area contributed by atoms with E-state index in [1.165, 1.54) is 6.92 Å². The average molecular weight is 181 g/mol. The molecule has 0 spiro atoms. The van der Waals surface area contributed by atoms with E-state index < -0.39 is 12.1 Å². The second-order valence-electron chi connectivity index (χ2n) is 1.01. The fourth-order valence-electron chi connectivity index (χ4n) is 0. The maximum atomic E-state index is 9.45. The van der Waals surface area contributed by atoms with Crippen molar-refractivity contribution in [3.05, 3.63) is 0 Å². The van der Waals surface area contributed by atoms with E-state index in [0.717, 1.165) is 0 Å². The summed E-state index contributed by atoms with van der Waals surface area (Å²) >= 11 is 0. The van der Waals surface area contributed by atoms with Gasteiger partial charge in [0.15, 0.2) is 17.4 Å². The number of hydrogen-bond acceptors (Lipinski definition) is 2. The molecule has 0 aromatic heterocycles. The Labute approximate surface area is 94.1 Å². The first-order chi connectivity index (χ1) is 2.64. The van der Waals surface area contributed by atoms with Gasteiger partial charge in [-0.2, -0.15) is 0 Å². The number of aliphatic hydroxyl groups is 1. The molecule has 1 atom stereocenters. The molecule has 0 aliphatic carbocycles. The molecule has 0 saturated carbocycles. The van der Waals surface area contributed by atoms with Gasteiger partial charge in [-0.25, -0.2) is 4.79 Å². The van der Waals surface area contributed by atoms with Crippen LogP contribution in [0.25, 0.3) is 0 Å². The van der Waals surface area contributed by atoms with Crippen molar-refractivity contribution >= 4 is 35.7 Å². The molecule has 2 N–H and O–H groups in total. The molecule has 0 aromatic rings. The van der Waals surface area contributed by atoms with Crippen molar-refractivity contribution in [1.29, 1.82) is 0 Å². The summed E-state index contributed by atoms with van der Waals surface area (Å²) < 4.78 is 0. The quantitative estimate of drug-likeness (QED) is 0.403. The molecule has 0 radical (unpaired) electrons. The molecule has 0 saturated heterocycles. The number of hydrogen-bond donors (Lipinski definition) is 2. The van der Waals surface area contributed by atoms with E-state index in [9.17, 15) is 4.79 Å². The predicted molar refractivity (Wildman–Crippen MR) is 37.6 cm³/mol. The molecule has 0 aliphatic heterocycles. The van der Waals surface area contributed by atoms with Gasteiger partial charge in [-0.3, -0.25) is 0 Å². The van der Waals surface area contributed by atoms with Crippen molar-refractivity contribution < 1.29 is 46.0 Å². The molecule has 0 aromatic carbocycles. The largest absolute Gasteiger partial charge is 1.00 e. The Bertz CT molecular complexity index is 74.8. The molecule has 9 heavy (non-hydrogen) atoms. The maximum Gasteiger partial charge on any atom is 1.00 e. The minimum Gasteiger partial charge on any atom is -1.00 e. The van der Waals surface area contributed by atoms with E-state index in [2.05, 4.69) is 0 Å². The van der Waals surface area contributed by atoms with Crippen LogP contribution in [0.5, 0.6) is 0 Å². The first-order valence-electron chi connectivity index (χ1n) is 1.55. The van der Waals surface area contributed by atoms with E-state index in [1.54, 1.807) is 0 Å². The summed E-state index contributed by atoms with van der Waals surface area (Å²) in [5, 5.41) is 15.8. The van der Waals surface area contributed by atoms with Gasteiger partial charge in [-0.1, -0.05) is 0 Å². The molecule has 0 aliphatic rings. The van der Waals surface area contributed by atoms with E-state index >= 15 is 0 Å². The molecule has 0 fully saturated rings. The fraction of sp³-hybridized carbons (Fsp3) is 0.667. The van der Waals surface area contributed by atoms with Crippen molar-refractivity contribution in [2.45, 2.75) is 13.0 Å². The number of aliphatic hydroxyl groups excluding tert-OH is 1. The molecule has 6 heteroatoms. The summed E-state index contributed by atoms with van der Waals surface area (Å²) in [5.41, 5.74) is 0. The summed E-state index contributed by atoms with van der Waals surface area (Å²) in [5.74, 6) is -1.19. The Hall–Kier alpha value is 1.25. The molecule has 0 heterocycles. The zero-order chi connectivity index (χ0) is 5.15. The second kappa shape index (κ2) is 12.0. The molecule has 0 rings (SSSR count). The minimum atomic E-state index is -1.23. The van der Waals surface area contributed by atoms with Gasteiger partial charge in [-0.15, -0.1) is 12.4 Å². The van der Waals surface area contributed by atoms with Gasteiger partial charge >= 0.3 is 35.5 Å². The number of carboxylic acid groups (broad SMARTS) is 1. The number of aliphatic carboxylic acids is 1. The number of carbonyl (C=O) groups is 1. The van der Waals surface area contributed by atoms with Crippen molar-refractivity contribution in [2.24, 2.45) is 0 Å². The maximum absolute atomic E-state index is 9.45. The molecule has 3 nitrogen and oxygen atoms in total. The Kier molecular flexibility index (Phi) is 29.9. The topological polar surface area (TPSA) is 57.5 Å². The number of carboxylic acids is 1. The van der Waals surface area contributed by atoms with Gasteiger partial charge in [0, 0.05) is 0 Å². The Morgan fingerprint density at radius 3 is 1.78 bits per heavy atom. The summed E-state index contributed by atoms with van der Waals surface area (Å²) in [6.07, 6.45) is -1.23. The van der Waals surface area contributed by atoms with Crippen LogP contribution in [0, 0.1) is 0 Å². The molecular formula is C3H11AlClNaO3. The van der Waals surface area contributed by atoms with Crippen LogP contribution in [0.15, 0.2) is 0 Å². The summed E-state index contributed by atoms with van der Waals surface area (Å²) in [7, 11) is 0. The molecule has 52 valence electrons. The van der Waals surface area contributed by atoms with Crippen molar-refractivity contribution in [1.82, 2.24) is 0 Å². The minimum absolute atomic E-state index is 0. The Balaban J connectivity index is -0.0000000208. The third-order valence-electron chi connectivity index (χ3n) is 0.357. The normalized spacial score (nSPS) is 9.11. The first-order valence-corrected chi connectivity index (χ1v) is 1.55. The smallest absolute Gasteiger partial charge is 1.00 e. The van der Waals surface area contributed by atoms with Crippen LogP contribution in [-0.4, -0.2) is 39.6 Å². The van der Waals surface area contributed by atoms with Gasteiger partial charge in [0.25, 0.3) is 0 Å². The summed E-state index contributed by atoms with van der Waals surface area (Å²) in [6, 6.07) is 0. The van der Waals surface area contributed by atoms with Crippen molar-refractivity contribution in [3.8, 4) is 0 Å². The van der Waals surface area contributed by atoms with Gasteiger partial charge in [0.05, 0.1) is 0 Å². The van der Waals surface area contributed by atoms with Crippen molar-refractivity contribution in [2.75, 3.05) is 0 Å². The van der Waals surface area contributed by atoms with E-state index in [-0.39, 0.29) is 60.8 Å². The Morgan fingerprint density at radius 2 is 1.78 bits per heavy atom. The average Bonchev–Trinajstić information content (AvgIpc) is 1.36. The van der Waals surface area contributed by atoms with Crippen molar-refractivity contribution in [3.63, 3.8) is 0 Å². The summed E-state index contributed by atoms with van der Waals surface area (Å²) in [4.78, 5) is 9.45. The van der Waals surface area contributed by atoms with Crippen LogP contribution in [0.1, 0.15) is 8.35 Å². The molecule has 0 amide bonds. The second-order valence-corrected chi connectivity index (χ2v) is 1.01. The van der Waals surface area contributed by atoms with Crippen LogP contribution < -0.4 is 29.6 Å². The monoisotopic (exact) mass is 180 g/mol. The first kappa shape index (κ1) is 22.5. The van der Waals surface area contributed by atoms with Crippen LogP contribution in [0.3, 0.4) is 0 Å². The fourth-order valence-corrected chi connectivity index (χ4v) is 0. The Morgan fingerprint density at radius 1 is 1.67 bits per heavy atom. The number of rotatable bonds is 1. The van der Waals surface area contributed by atoms with E-state index in [1.807, 2.05) is 0 Å². The van der Waals surface area contributed by atoms with Crippen LogP contribution in [0.2, 0.25) is 0 Å². The van der Waals surface area contributed by atoms with Crippen LogP contribution in [0.4, 0.5) is 0 Å². The molecule has 0 bridgehead atoms. The van der Waals surface area contributed by atoms with Gasteiger partial charge in [0.1, 0.15) is 6.10 Å². The van der Waals surface area contributed by atoms with E-state index in [4.69, 9.17) is 10.2 Å². The summed E-state index contributed by atoms with van der Waals surface area (Å²) in [6.45, 7) is 1.20. The molecule has 1 unspecified atom stereocenters. The van der Waals surface area contributed by atoms with Crippen LogP contribution in [-0.2, 0) is 4.79 Å². The van der Waals surface area contributed by atoms with Crippen LogP contribution >= 0.6 is 12.4 Å². The van der Waals surface area contributed by atoms with Gasteiger partial charge < -0.3 is 11.6 Å². The standard InChI is InChI=1S/C3H6O3.Al.ClH.Na.4H/c1-2(4)3(5)6;;;;;;;/h2,4H,1H3,(H,5,6);;1H;;;;;/q;;;+1;;;;-1. The van der Waals surface area contributed by atoms with Gasteiger partial charge in [-0.05, 0) is 6.92 Å². The SMILES string of the molecule is CC(O)C(=O)O.Cl.[AlH3].[H-].[Na+].